The van der Waals surface area contributed by atoms with Crippen molar-refractivity contribution < 1.29 is 9.26 Å². The van der Waals surface area contributed by atoms with Crippen molar-refractivity contribution in [3.8, 4) is 0 Å². The lowest BCUT2D eigenvalue weighted by atomic mass is 9.97. The SMILES string of the molecule is O=c1c2c3c(sc2nc(SCc2nc(Cc4ccccc4)no2)n1CC1CCCO1)CCCC3. The van der Waals surface area contributed by atoms with Gasteiger partial charge in [-0.15, -0.1) is 11.3 Å². The highest BCUT2D eigenvalue weighted by molar-refractivity contribution is 7.98. The summed E-state index contributed by atoms with van der Waals surface area (Å²) in [6.45, 7) is 1.30. The Kier molecular flexibility index (Phi) is 6.24. The number of fused-ring (bicyclic) bond motifs is 3. The predicted molar refractivity (Wildman–Crippen MR) is 133 cm³/mol. The van der Waals surface area contributed by atoms with Crippen molar-refractivity contribution in [3.05, 3.63) is 68.4 Å². The second-order valence-electron chi connectivity index (χ2n) is 8.89. The summed E-state index contributed by atoms with van der Waals surface area (Å²) in [5.41, 5.74) is 2.43. The Balaban J connectivity index is 1.28. The van der Waals surface area contributed by atoms with Gasteiger partial charge in [0.2, 0.25) is 5.89 Å². The van der Waals surface area contributed by atoms with Gasteiger partial charge in [-0.25, -0.2) is 4.98 Å². The minimum atomic E-state index is 0.0617. The lowest BCUT2D eigenvalue weighted by Gasteiger charge is -2.16. The molecule has 1 aromatic carbocycles. The van der Waals surface area contributed by atoms with E-state index in [-0.39, 0.29) is 11.7 Å². The normalized spacial score (nSPS) is 17.9. The number of aryl methyl sites for hydroxylation is 2. The number of ether oxygens (including phenoxy) is 1. The summed E-state index contributed by atoms with van der Waals surface area (Å²) in [4.78, 5) is 25.4. The van der Waals surface area contributed by atoms with E-state index in [1.807, 2.05) is 34.9 Å². The van der Waals surface area contributed by atoms with Gasteiger partial charge in [0.25, 0.3) is 5.56 Å². The van der Waals surface area contributed by atoms with Crippen LogP contribution in [0.15, 0.2) is 44.8 Å². The summed E-state index contributed by atoms with van der Waals surface area (Å²) >= 11 is 3.17. The molecule has 0 amide bonds. The molecule has 0 saturated carbocycles. The van der Waals surface area contributed by atoms with E-state index >= 15 is 0 Å². The fourth-order valence-electron chi connectivity index (χ4n) is 4.81. The lowest BCUT2D eigenvalue weighted by Crippen LogP contribution is -2.29. The minimum absolute atomic E-state index is 0.0617. The first-order valence-electron chi connectivity index (χ1n) is 11.9. The fourth-order valence-corrected chi connectivity index (χ4v) is 6.96. The molecule has 0 spiro atoms. The van der Waals surface area contributed by atoms with E-state index < -0.39 is 0 Å². The van der Waals surface area contributed by atoms with E-state index in [2.05, 4.69) is 10.1 Å². The summed E-state index contributed by atoms with van der Waals surface area (Å²) in [6.07, 6.45) is 7.06. The molecule has 4 aromatic rings. The first kappa shape index (κ1) is 22.0. The summed E-state index contributed by atoms with van der Waals surface area (Å²) in [6, 6.07) is 10.1. The number of rotatable bonds is 7. The fraction of sp³-hybridized carbons (Fsp3) is 0.440. The number of aromatic nitrogens is 4. The molecule has 0 bridgehead atoms. The number of thioether (sulfide) groups is 1. The van der Waals surface area contributed by atoms with Crippen LogP contribution in [-0.2, 0) is 36.3 Å². The van der Waals surface area contributed by atoms with Crippen molar-refractivity contribution in [2.75, 3.05) is 6.61 Å². The van der Waals surface area contributed by atoms with Gasteiger partial charge >= 0.3 is 0 Å². The molecular weight excluding hydrogens is 468 g/mol. The van der Waals surface area contributed by atoms with Crippen LogP contribution < -0.4 is 5.56 Å². The number of thiophene rings is 1. The van der Waals surface area contributed by atoms with Gasteiger partial charge in [0.15, 0.2) is 11.0 Å². The van der Waals surface area contributed by atoms with Crippen molar-refractivity contribution in [1.29, 1.82) is 0 Å². The molecule has 2 aliphatic rings. The number of nitrogens with zero attached hydrogens (tertiary/aromatic N) is 4. The molecule has 1 atom stereocenters. The highest BCUT2D eigenvalue weighted by Crippen LogP contribution is 2.35. The lowest BCUT2D eigenvalue weighted by molar-refractivity contribution is 0.0937. The average Bonchev–Trinajstić information content (AvgIpc) is 3.60. The molecule has 0 radical (unpaired) electrons. The first-order chi connectivity index (χ1) is 16.7. The van der Waals surface area contributed by atoms with Gasteiger partial charge in [0.1, 0.15) is 4.83 Å². The van der Waals surface area contributed by atoms with Gasteiger partial charge in [-0.1, -0.05) is 47.3 Å². The number of hydrogen-bond acceptors (Lipinski definition) is 8. The number of benzene rings is 1. The summed E-state index contributed by atoms with van der Waals surface area (Å²) in [7, 11) is 0. The molecule has 6 rings (SSSR count). The largest absolute Gasteiger partial charge is 0.376 e. The minimum Gasteiger partial charge on any atom is -0.376 e. The van der Waals surface area contributed by atoms with Crippen molar-refractivity contribution in [2.24, 2.45) is 0 Å². The molecule has 9 heteroatoms. The van der Waals surface area contributed by atoms with Crippen LogP contribution in [0, 0.1) is 0 Å². The Labute approximate surface area is 205 Å². The maximum absolute atomic E-state index is 13.7. The maximum atomic E-state index is 13.7. The Bertz CT molecular complexity index is 1360. The van der Waals surface area contributed by atoms with E-state index in [0.29, 0.717) is 35.6 Å². The first-order valence-corrected chi connectivity index (χ1v) is 13.7. The molecule has 34 heavy (non-hydrogen) atoms. The van der Waals surface area contributed by atoms with Gasteiger partial charge in [-0.05, 0) is 49.7 Å². The van der Waals surface area contributed by atoms with Crippen LogP contribution in [0.5, 0.6) is 0 Å². The van der Waals surface area contributed by atoms with Crippen LogP contribution in [0.4, 0.5) is 0 Å². The standard InChI is InChI=1S/C25H26N4O3S2/c30-24-22-18-10-4-5-11-19(18)34-23(22)27-25(29(24)14-17-9-6-12-31-17)33-15-21-26-20(28-32-21)13-16-7-2-1-3-8-16/h1-3,7-8,17H,4-6,9-15H2. The molecule has 1 aliphatic heterocycles. The zero-order chi connectivity index (χ0) is 22.9. The maximum Gasteiger partial charge on any atom is 0.263 e. The Hall–Kier alpha value is -2.49. The zero-order valence-electron chi connectivity index (χ0n) is 18.9. The third kappa shape index (κ3) is 4.44. The van der Waals surface area contributed by atoms with Crippen LogP contribution >= 0.6 is 23.1 Å². The molecule has 176 valence electrons. The highest BCUT2D eigenvalue weighted by Gasteiger charge is 2.25. The van der Waals surface area contributed by atoms with Gasteiger partial charge in [0.05, 0.1) is 23.8 Å². The second-order valence-corrected chi connectivity index (χ2v) is 10.9. The summed E-state index contributed by atoms with van der Waals surface area (Å²) < 4.78 is 13.2. The topological polar surface area (TPSA) is 83.0 Å². The Morgan fingerprint density at radius 2 is 2.00 bits per heavy atom. The second kappa shape index (κ2) is 9.64. The van der Waals surface area contributed by atoms with Crippen molar-refractivity contribution >= 4 is 33.3 Å². The Morgan fingerprint density at radius 1 is 1.12 bits per heavy atom. The van der Waals surface area contributed by atoms with Gasteiger partial charge in [-0.2, -0.15) is 4.98 Å². The smallest absolute Gasteiger partial charge is 0.263 e. The quantitative estimate of drug-likeness (QED) is 0.270. The molecule has 4 heterocycles. The molecule has 3 aromatic heterocycles. The monoisotopic (exact) mass is 494 g/mol. The predicted octanol–water partition coefficient (Wildman–Crippen LogP) is 4.78. The van der Waals surface area contributed by atoms with Crippen molar-refractivity contribution in [3.63, 3.8) is 0 Å². The molecule has 1 saturated heterocycles. The van der Waals surface area contributed by atoms with Gasteiger partial charge in [0, 0.05) is 17.9 Å². The molecule has 7 nitrogen and oxygen atoms in total. The Morgan fingerprint density at radius 3 is 2.85 bits per heavy atom. The summed E-state index contributed by atoms with van der Waals surface area (Å²) in [5.74, 6) is 1.67. The zero-order valence-corrected chi connectivity index (χ0v) is 20.5. The molecular formula is C25H26N4O3S2. The highest BCUT2D eigenvalue weighted by atomic mass is 32.2. The molecule has 1 aliphatic carbocycles. The van der Waals surface area contributed by atoms with Gasteiger partial charge in [-0.3, -0.25) is 9.36 Å². The average molecular weight is 495 g/mol. The molecule has 1 fully saturated rings. The van der Waals surface area contributed by atoms with E-state index in [9.17, 15) is 4.79 Å². The van der Waals surface area contributed by atoms with Crippen LogP contribution in [0.1, 0.15) is 53.4 Å². The van der Waals surface area contributed by atoms with Crippen molar-refractivity contribution in [1.82, 2.24) is 19.7 Å². The third-order valence-corrected chi connectivity index (χ3v) is 8.64. The van der Waals surface area contributed by atoms with Crippen LogP contribution in [0.25, 0.3) is 10.2 Å². The molecule has 1 unspecified atom stereocenters. The third-order valence-electron chi connectivity index (χ3n) is 6.49. The van der Waals surface area contributed by atoms with Crippen molar-refractivity contribution in [2.45, 2.75) is 68.5 Å². The number of hydrogen-bond donors (Lipinski definition) is 0. The van der Waals surface area contributed by atoms with E-state index in [1.54, 1.807) is 11.3 Å². The van der Waals surface area contributed by atoms with E-state index in [4.69, 9.17) is 14.2 Å². The molecule has 0 N–H and O–H groups in total. The van der Waals surface area contributed by atoms with E-state index in [1.165, 1.54) is 28.6 Å². The van der Waals surface area contributed by atoms with Crippen LogP contribution in [0.2, 0.25) is 0 Å². The summed E-state index contributed by atoms with van der Waals surface area (Å²) in [5, 5.41) is 5.66. The van der Waals surface area contributed by atoms with Gasteiger partial charge < -0.3 is 9.26 Å². The van der Waals surface area contributed by atoms with Crippen LogP contribution in [0.3, 0.4) is 0 Å². The van der Waals surface area contributed by atoms with Crippen LogP contribution in [-0.4, -0.2) is 32.4 Å². The van der Waals surface area contributed by atoms with E-state index in [0.717, 1.165) is 54.5 Å².